The van der Waals surface area contributed by atoms with Crippen molar-refractivity contribution < 1.29 is 9.50 Å². The van der Waals surface area contributed by atoms with Gasteiger partial charge in [0.1, 0.15) is 5.82 Å². The second-order valence-corrected chi connectivity index (χ2v) is 4.49. The molecule has 0 aromatic heterocycles. The summed E-state index contributed by atoms with van der Waals surface area (Å²) in [4.78, 5) is 0. The predicted octanol–water partition coefficient (Wildman–Crippen LogP) is 2.69. The molecule has 0 bridgehead atoms. The summed E-state index contributed by atoms with van der Waals surface area (Å²) in [6, 6.07) is 4.28. The van der Waals surface area contributed by atoms with E-state index in [4.69, 9.17) is 11.6 Å². The van der Waals surface area contributed by atoms with E-state index in [9.17, 15) is 9.50 Å². The van der Waals surface area contributed by atoms with Gasteiger partial charge in [0.15, 0.2) is 0 Å². The van der Waals surface area contributed by atoms with Crippen LogP contribution in [0.2, 0.25) is 5.02 Å². The largest absolute Gasteiger partial charge is 0.384 e. The summed E-state index contributed by atoms with van der Waals surface area (Å²) in [5.41, 5.74) is -0.422. The topological polar surface area (TPSA) is 32.3 Å². The van der Waals surface area contributed by atoms with Gasteiger partial charge in [0, 0.05) is 6.54 Å². The Balaban J connectivity index is 2.76. The molecule has 0 radical (unpaired) electrons. The smallest absolute Gasteiger partial charge is 0.141 e. The van der Waals surface area contributed by atoms with Crippen molar-refractivity contribution in [2.45, 2.75) is 25.9 Å². The van der Waals surface area contributed by atoms with E-state index in [1.165, 1.54) is 12.1 Å². The normalized spacial score (nSPS) is 14.8. The lowest BCUT2D eigenvalue weighted by Crippen LogP contribution is -2.35. The summed E-state index contributed by atoms with van der Waals surface area (Å²) < 4.78 is 13.0. The van der Waals surface area contributed by atoms with E-state index in [0.717, 1.165) is 13.0 Å². The summed E-state index contributed by atoms with van der Waals surface area (Å²) in [7, 11) is 0. The number of aliphatic hydroxyl groups is 1. The van der Waals surface area contributed by atoms with Gasteiger partial charge < -0.3 is 10.4 Å². The Labute approximate surface area is 100 Å². The van der Waals surface area contributed by atoms with Crippen LogP contribution in [0.3, 0.4) is 0 Å². The summed E-state index contributed by atoms with van der Waals surface area (Å²) in [6.45, 7) is 4.99. The Kier molecular flexibility index (Phi) is 4.71. The van der Waals surface area contributed by atoms with E-state index in [1.54, 1.807) is 13.0 Å². The molecule has 0 saturated heterocycles. The second kappa shape index (κ2) is 5.62. The molecule has 0 saturated carbocycles. The Morgan fingerprint density at radius 1 is 1.50 bits per heavy atom. The summed E-state index contributed by atoms with van der Waals surface area (Å²) in [6.07, 6.45) is 1.00. The van der Waals surface area contributed by atoms with Crippen LogP contribution in [0.5, 0.6) is 0 Å². The molecular formula is C12H17ClFNO. The van der Waals surface area contributed by atoms with E-state index in [-0.39, 0.29) is 5.02 Å². The minimum absolute atomic E-state index is 0.0354. The van der Waals surface area contributed by atoms with Crippen molar-refractivity contribution in [3.05, 3.63) is 34.6 Å². The van der Waals surface area contributed by atoms with Crippen LogP contribution in [0.25, 0.3) is 0 Å². The van der Waals surface area contributed by atoms with Crippen LogP contribution in [-0.2, 0) is 5.60 Å². The minimum atomic E-state index is -1.04. The Hall–Kier alpha value is -0.640. The van der Waals surface area contributed by atoms with E-state index in [0.29, 0.717) is 12.1 Å². The number of halogens is 2. The molecule has 0 aliphatic carbocycles. The molecule has 90 valence electrons. The molecule has 0 fully saturated rings. The fourth-order valence-electron chi connectivity index (χ4n) is 1.44. The highest BCUT2D eigenvalue weighted by atomic mass is 35.5. The van der Waals surface area contributed by atoms with Crippen molar-refractivity contribution in [3.63, 3.8) is 0 Å². The van der Waals surface area contributed by atoms with Crippen molar-refractivity contribution >= 4 is 11.6 Å². The van der Waals surface area contributed by atoms with Gasteiger partial charge in [-0.2, -0.15) is 0 Å². The van der Waals surface area contributed by atoms with Crippen molar-refractivity contribution in [2.24, 2.45) is 0 Å². The molecule has 0 spiro atoms. The van der Waals surface area contributed by atoms with Crippen LogP contribution in [0.1, 0.15) is 25.8 Å². The van der Waals surface area contributed by atoms with Gasteiger partial charge in [0.2, 0.25) is 0 Å². The average molecular weight is 246 g/mol. The zero-order valence-corrected chi connectivity index (χ0v) is 10.3. The van der Waals surface area contributed by atoms with E-state index in [2.05, 4.69) is 12.2 Å². The molecule has 2 N–H and O–H groups in total. The fraction of sp³-hybridized carbons (Fsp3) is 0.500. The molecule has 1 unspecified atom stereocenters. The van der Waals surface area contributed by atoms with Gasteiger partial charge in [-0.3, -0.25) is 0 Å². The number of rotatable bonds is 5. The van der Waals surface area contributed by atoms with Gasteiger partial charge in [-0.1, -0.05) is 24.6 Å². The van der Waals surface area contributed by atoms with Crippen molar-refractivity contribution in [3.8, 4) is 0 Å². The second-order valence-electron chi connectivity index (χ2n) is 4.08. The molecule has 2 nitrogen and oxygen atoms in total. The van der Waals surface area contributed by atoms with Gasteiger partial charge in [-0.15, -0.1) is 0 Å². The number of hydrogen-bond donors (Lipinski definition) is 2. The maximum atomic E-state index is 13.0. The van der Waals surface area contributed by atoms with Crippen LogP contribution in [0, 0.1) is 5.82 Å². The fourth-order valence-corrected chi connectivity index (χ4v) is 1.62. The summed E-state index contributed by atoms with van der Waals surface area (Å²) in [5.74, 6) is -0.470. The van der Waals surface area contributed by atoms with Gasteiger partial charge in [0.25, 0.3) is 0 Å². The van der Waals surface area contributed by atoms with Gasteiger partial charge in [-0.25, -0.2) is 4.39 Å². The lowest BCUT2D eigenvalue weighted by Gasteiger charge is -2.24. The standard InChI is InChI=1S/C12H17ClFNO/c1-3-6-15-8-12(2,16)9-4-5-11(14)10(13)7-9/h4-5,7,15-16H,3,6,8H2,1-2H3. The SMILES string of the molecule is CCCNCC(C)(O)c1ccc(F)c(Cl)c1. The predicted molar refractivity (Wildman–Crippen MR) is 64.1 cm³/mol. The van der Waals surface area contributed by atoms with Gasteiger partial charge in [-0.05, 0) is 37.6 Å². The highest BCUT2D eigenvalue weighted by molar-refractivity contribution is 6.30. The minimum Gasteiger partial charge on any atom is -0.384 e. The number of benzene rings is 1. The van der Waals surface area contributed by atoms with E-state index < -0.39 is 11.4 Å². The highest BCUT2D eigenvalue weighted by Gasteiger charge is 2.23. The van der Waals surface area contributed by atoms with Crippen molar-refractivity contribution in [1.82, 2.24) is 5.32 Å². The first-order valence-electron chi connectivity index (χ1n) is 5.36. The summed E-state index contributed by atoms with van der Waals surface area (Å²) in [5, 5.41) is 13.3. The first-order valence-corrected chi connectivity index (χ1v) is 5.74. The van der Waals surface area contributed by atoms with E-state index in [1.807, 2.05) is 0 Å². The Bertz CT molecular complexity index is 355. The van der Waals surface area contributed by atoms with Crippen molar-refractivity contribution in [2.75, 3.05) is 13.1 Å². The average Bonchev–Trinajstić information content (AvgIpc) is 2.22. The molecular weight excluding hydrogens is 229 g/mol. The third kappa shape index (κ3) is 3.44. The molecule has 0 aliphatic heterocycles. The van der Waals surface area contributed by atoms with Gasteiger partial charge >= 0.3 is 0 Å². The third-order valence-corrected chi connectivity index (χ3v) is 2.73. The summed E-state index contributed by atoms with van der Waals surface area (Å²) >= 11 is 5.67. The van der Waals surface area contributed by atoms with Crippen LogP contribution in [0.15, 0.2) is 18.2 Å². The Morgan fingerprint density at radius 3 is 2.75 bits per heavy atom. The van der Waals surface area contributed by atoms with Crippen LogP contribution >= 0.6 is 11.6 Å². The van der Waals surface area contributed by atoms with Crippen LogP contribution in [-0.4, -0.2) is 18.2 Å². The zero-order chi connectivity index (χ0) is 12.2. The first kappa shape index (κ1) is 13.4. The molecule has 1 aromatic rings. The molecule has 4 heteroatoms. The molecule has 1 atom stereocenters. The van der Waals surface area contributed by atoms with Crippen LogP contribution in [0.4, 0.5) is 4.39 Å². The lowest BCUT2D eigenvalue weighted by atomic mass is 9.96. The molecule has 0 heterocycles. The molecule has 16 heavy (non-hydrogen) atoms. The molecule has 1 aromatic carbocycles. The molecule has 0 amide bonds. The monoisotopic (exact) mass is 245 g/mol. The first-order chi connectivity index (χ1) is 7.47. The highest BCUT2D eigenvalue weighted by Crippen LogP contribution is 2.24. The van der Waals surface area contributed by atoms with E-state index >= 15 is 0 Å². The quantitative estimate of drug-likeness (QED) is 0.782. The number of hydrogen-bond acceptors (Lipinski definition) is 2. The van der Waals surface area contributed by atoms with Gasteiger partial charge in [0.05, 0.1) is 10.6 Å². The zero-order valence-electron chi connectivity index (χ0n) is 9.56. The molecule has 1 rings (SSSR count). The Morgan fingerprint density at radius 2 is 2.19 bits per heavy atom. The van der Waals surface area contributed by atoms with Crippen molar-refractivity contribution in [1.29, 1.82) is 0 Å². The van der Waals surface area contributed by atoms with Crippen LogP contribution < -0.4 is 5.32 Å². The number of nitrogens with one attached hydrogen (secondary N) is 1. The maximum Gasteiger partial charge on any atom is 0.141 e. The molecule has 0 aliphatic rings. The maximum absolute atomic E-state index is 13.0. The lowest BCUT2D eigenvalue weighted by molar-refractivity contribution is 0.0572. The third-order valence-electron chi connectivity index (χ3n) is 2.44.